The maximum atomic E-state index is 13.5. The number of rotatable bonds is 5. The molecule has 2 N–H and O–H groups in total. The second-order valence-electron chi connectivity index (χ2n) is 7.65. The molecule has 2 unspecified atom stereocenters. The zero-order chi connectivity index (χ0) is 22.1. The topological polar surface area (TPSA) is 83.8 Å². The molecular formula is C23H24FN3O4. The zero-order valence-corrected chi connectivity index (χ0v) is 17.6. The molecule has 3 aromatic rings. The molecule has 1 aromatic heterocycles. The number of nitrogens with one attached hydrogen (secondary N) is 2. The van der Waals surface area contributed by atoms with E-state index >= 15 is 0 Å². The Morgan fingerprint density at radius 1 is 1.13 bits per heavy atom. The molecule has 0 spiro atoms. The number of ether oxygens (including phenoxy) is 1. The normalized spacial score (nSPS) is 15.6. The number of benzene rings is 2. The summed E-state index contributed by atoms with van der Waals surface area (Å²) in [4.78, 5) is 25.9. The fourth-order valence-electron chi connectivity index (χ4n) is 3.80. The van der Waals surface area contributed by atoms with Crippen molar-refractivity contribution in [2.24, 2.45) is 0 Å². The first-order valence-corrected chi connectivity index (χ1v) is 10.1. The molecule has 162 valence electrons. The monoisotopic (exact) mass is 425 g/mol. The summed E-state index contributed by atoms with van der Waals surface area (Å²) < 4.78 is 24.4. The fourth-order valence-corrected chi connectivity index (χ4v) is 3.80. The highest BCUT2D eigenvalue weighted by Crippen LogP contribution is 2.30. The number of carbonyl (C=O) groups is 2. The van der Waals surface area contributed by atoms with Gasteiger partial charge >= 0.3 is 12.1 Å². The Bertz CT molecular complexity index is 1140. The summed E-state index contributed by atoms with van der Waals surface area (Å²) in [5.74, 6) is 0.248. The molecule has 1 aliphatic heterocycles. The van der Waals surface area contributed by atoms with Crippen LogP contribution >= 0.6 is 0 Å². The number of nitrogens with zero attached hydrogens (tertiary/aromatic N) is 1. The molecule has 2 heterocycles. The van der Waals surface area contributed by atoms with Gasteiger partial charge in [0.1, 0.15) is 23.8 Å². The summed E-state index contributed by atoms with van der Waals surface area (Å²) in [6.07, 6.45) is -0.370. The Balaban J connectivity index is 1.43. The van der Waals surface area contributed by atoms with Crippen molar-refractivity contribution in [1.29, 1.82) is 0 Å². The summed E-state index contributed by atoms with van der Waals surface area (Å²) in [7, 11) is 0. The minimum absolute atomic E-state index is 0.295. The smallest absolute Gasteiger partial charge is 0.414 e. The van der Waals surface area contributed by atoms with Crippen LogP contribution in [0.2, 0.25) is 0 Å². The van der Waals surface area contributed by atoms with Crippen molar-refractivity contribution in [2.45, 2.75) is 32.9 Å². The number of urea groups is 1. The number of anilines is 1. The molecule has 0 saturated carbocycles. The summed E-state index contributed by atoms with van der Waals surface area (Å²) in [6, 6.07) is 10.7. The minimum atomic E-state index is -0.409. The lowest BCUT2D eigenvalue weighted by Crippen LogP contribution is -2.38. The predicted molar refractivity (Wildman–Crippen MR) is 115 cm³/mol. The molecular weight excluding hydrogens is 401 g/mol. The van der Waals surface area contributed by atoms with Gasteiger partial charge in [-0.15, -0.1) is 0 Å². The number of carbonyl (C=O) groups excluding carboxylic acids is 2. The summed E-state index contributed by atoms with van der Waals surface area (Å²) in [5, 5.41) is 6.46. The first-order valence-electron chi connectivity index (χ1n) is 10.1. The second kappa shape index (κ2) is 8.29. The van der Waals surface area contributed by atoms with Gasteiger partial charge in [0.25, 0.3) is 0 Å². The van der Waals surface area contributed by atoms with E-state index in [9.17, 15) is 14.0 Å². The Morgan fingerprint density at radius 2 is 1.90 bits per heavy atom. The van der Waals surface area contributed by atoms with Gasteiger partial charge in [0, 0.05) is 16.6 Å². The quantitative estimate of drug-likeness (QED) is 0.605. The highest BCUT2D eigenvalue weighted by atomic mass is 19.1. The maximum absolute atomic E-state index is 13.5. The fraction of sp³-hybridized carbons (Fsp3) is 0.304. The van der Waals surface area contributed by atoms with Crippen LogP contribution in [-0.4, -0.2) is 25.3 Å². The van der Waals surface area contributed by atoms with Gasteiger partial charge in [0.05, 0.1) is 18.6 Å². The van der Waals surface area contributed by atoms with Gasteiger partial charge in [-0.05, 0) is 56.7 Å². The highest BCUT2D eigenvalue weighted by molar-refractivity contribution is 5.89. The van der Waals surface area contributed by atoms with Crippen molar-refractivity contribution in [2.75, 3.05) is 18.1 Å². The third-order valence-electron chi connectivity index (χ3n) is 5.47. The zero-order valence-electron chi connectivity index (χ0n) is 17.6. The molecule has 31 heavy (non-hydrogen) atoms. The van der Waals surface area contributed by atoms with Crippen molar-refractivity contribution in [3.63, 3.8) is 0 Å². The Morgan fingerprint density at radius 3 is 2.65 bits per heavy atom. The van der Waals surface area contributed by atoms with Crippen LogP contribution in [0.15, 0.2) is 46.9 Å². The first-order chi connectivity index (χ1) is 14.8. The molecule has 1 aliphatic rings. The van der Waals surface area contributed by atoms with Crippen LogP contribution in [-0.2, 0) is 4.74 Å². The molecule has 1 fully saturated rings. The van der Waals surface area contributed by atoms with Gasteiger partial charge in [0.15, 0.2) is 0 Å². The number of aryl methyl sites for hydroxylation is 1. The summed E-state index contributed by atoms with van der Waals surface area (Å²) in [5.41, 5.74) is 2.96. The average molecular weight is 425 g/mol. The van der Waals surface area contributed by atoms with Gasteiger partial charge < -0.3 is 19.8 Å². The van der Waals surface area contributed by atoms with E-state index in [-0.39, 0.29) is 24.0 Å². The number of halogens is 1. The van der Waals surface area contributed by atoms with Crippen LogP contribution in [0.5, 0.6) is 0 Å². The van der Waals surface area contributed by atoms with E-state index in [0.717, 1.165) is 16.8 Å². The molecule has 0 aliphatic carbocycles. The third-order valence-corrected chi connectivity index (χ3v) is 5.47. The SMILES string of the molecule is Cc1c(C(C)NC(=O)NC(C)c2cccc(N3CCOC3=O)c2)oc2ccc(F)cc12. The van der Waals surface area contributed by atoms with Gasteiger partial charge in [0.2, 0.25) is 0 Å². The lowest BCUT2D eigenvalue weighted by molar-refractivity contribution is 0.181. The second-order valence-corrected chi connectivity index (χ2v) is 7.65. The third kappa shape index (κ3) is 4.19. The average Bonchev–Trinajstić information content (AvgIpc) is 3.31. The summed E-state index contributed by atoms with van der Waals surface area (Å²) >= 11 is 0. The van der Waals surface area contributed by atoms with Crippen molar-refractivity contribution >= 4 is 28.8 Å². The Kier molecular flexibility index (Phi) is 5.54. The van der Waals surface area contributed by atoms with Crippen molar-refractivity contribution in [1.82, 2.24) is 10.6 Å². The number of cyclic esters (lactones) is 1. The number of fused-ring (bicyclic) bond motifs is 1. The van der Waals surface area contributed by atoms with Gasteiger partial charge in [-0.3, -0.25) is 4.90 Å². The molecule has 2 aromatic carbocycles. The van der Waals surface area contributed by atoms with Gasteiger partial charge in [-0.1, -0.05) is 12.1 Å². The maximum Gasteiger partial charge on any atom is 0.414 e. The van der Waals surface area contributed by atoms with Crippen molar-refractivity contribution in [3.8, 4) is 0 Å². The van der Waals surface area contributed by atoms with Crippen LogP contribution < -0.4 is 15.5 Å². The van der Waals surface area contributed by atoms with Crippen LogP contribution in [0, 0.1) is 12.7 Å². The predicted octanol–water partition coefficient (Wildman–Crippen LogP) is 4.96. The molecule has 3 amide bonds. The van der Waals surface area contributed by atoms with Gasteiger partial charge in [-0.2, -0.15) is 0 Å². The molecule has 1 saturated heterocycles. The van der Waals surface area contributed by atoms with E-state index in [4.69, 9.17) is 9.15 Å². The molecule has 0 bridgehead atoms. The molecule has 2 atom stereocenters. The van der Waals surface area contributed by atoms with Crippen molar-refractivity contribution < 1.29 is 23.1 Å². The summed E-state index contributed by atoms with van der Waals surface area (Å²) in [6.45, 7) is 6.38. The van der Waals surface area contributed by atoms with Crippen LogP contribution in [0.4, 0.5) is 19.7 Å². The van der Waals surface area contributed by atoms with E-state index in [1.807, 2.05) is 45.0 Å². The Labute approximate surface area is 179 Å². The molecule has 8 heteroatoms. The molecule has 0 radical (unpaired) electrons. The molecule has 7 nitrogen and oxygen atoms in total. The van der Waals surface area contributed by atoms with Crippen LogP contribution in [0.3, 0.4) is 0 Å². The van der Waals surface area contributed by atoms with Crippen molar-refractivity contribution in [3.05, 3.63) is 65.2 Å². The molecule has 4 rings (SSSR count). The van der Waals surface area contributed by atoms with E-state index in [2.05, 4.69) is 10.6 Å². The number of hydrogen-bond acceptors (Lipinski definition) is 4. The van der Waals surface area contributed by atoms with E-state index in [1.54, 1.807) is 11.0 Å². The van der Waals surface area contributed by atoms with E-state index in [1.165, 1.54) is 12.1 Å². The van der Waals surface area contributed by atoms with Crippen LogP contribution in [0.1, 0.15) is 42.8 Å². The van der Waals surface area contributed by atoms with Crippen LogP contribution in [0.25, 0.3) is 11.0 Å². The minimum Gasteiger partial charge on any atom is -0.459 e. The first kappa shape index (κ1) is 20.7. The lowest BCUT2D eigenvalue weighted by Gasteiger charge is -2.20. The Hall–Kier alpha value is -3.55. The number of furan rings is 1. The highest BCUT2D eigenvalue weighted by Gasteiger charge is 2.24. The largest absolute Gasteiger partial charge is 0.459 e. The number of hydrogen-bond donors (Lipinski definition) is 2. The standard InChI is InChI=1S/C23H24FN3O4/c1-13-19-12-17(24)7-8-20(19)31-21(13)15(3)26-22(28)25-14(2)16-5-4-6-18(11-16)27-9-10-30-23(27)29/h4-8,11-12,14-15H,9-10H2,1-3H3,(H2,25,26,28). The van der Waals surface area contributed by atoms with E-state index < -0.39 is 6.04 Å². The van der Waals surface area contributed by atoms with E-state index in [0.29, 0.717) is 29.9 Å². The number of amides is 3. The van der Waals surface area contributed by atoms with Gasteiger partial charge in [-0.25, -0.2) is 14.0 Å². The lowest BCUT2D eigenvalue weighted by atomic mass is 10.1.